The van der Waals surface area contributed by atoms with Crippen LogP contribution < -0.4 is 5.32 Å². The first kappa shape index (κ1) is 13.3. The Morgan fingerprint density at radius 2 is 2.05 bits per heavy atom. The normalized spacial score (nSPS) is 18.2. The van der Waals surface area contributed by atoms with Crippen LogP contribution in [-0.2, 0) is 6.42 Å². The number of fused-ring (bicyclic) bond motifs is 1. The summed E-state index contributed by atoms with van der Waals surface area (Å²) in [4.78, 5) is 0. The second-order valence-electron chi connectivity index (χ2n) is 5.74. The van der Waals surface area contributed by atoms with Gasteiger partial charge in [0.1, 0.15) is 5.82 Å². The Morgan fingerprint density at radius 3 is 2.80 bits per heavy atom. The molecule has 1 N–H and O–H groups in total. The van der Waals surface area contributed by atoms with Gasteiger partial charge in [-0.2, -0.15) is 0 Å². The second kappa shape index (κ2) is 5.37. The highest BCUT2D eigenvalue weighted by Gasteiger charge is 2.25. The zero-order chi connectivity index (χ0) is 14.1. The molecule has 0 saturated heterocycles. The second-order valence-corrected chi connectivity index (χ2v) is 5.74. The Bertz CT molecular complexity index is 621. The number of benzene rings is 2. The van der Waals surface area contributed by atoms with E-state index >= 15 is 0 Å². The van der Waals surface area contributed by atoms with E-state index in [1.54, 1.807) is 13.0 Å². The lowest BCUT2D eigenvalue weighted by Crippen LogP contribution is -2.30. The van der Waals surface area contributed by atoms with E-state index < -0.39 is 0 Å². The number of halogens is 1. The molecule has 1 nitrogen and oxygen atoms in total. The van der Waals surface area contributed by atoms with Crippen molar-refractivity contribution in [1.29, 1.82) is 0 Å². The summed E-state index contributed by atoms with van der Waals surface area (Å²) in [6.45, 7) is 4.84. The van der Waals surface area contributed by atoms with Gasteiger partial charge < -0.3 is 5.32 Å². The maximum absolute atomic E-state index is 13.6. The topological polar surface area (TPSA) is 12.0 Å². The Hall–Kier alpha value is -1.67. The van der Waals surface area contributed by atoms with E-state index in [-0.39, 0.29) is 11.9 Å². The molecule has 0 aliphatic heterocycles. The molecule has 0 bridgehead atoms. The highest BCUT2D eigenvalue weighted by Crippen LogP contribution is 2.34. The molecule has 1 aliphatic carbocycles. The molecular formula is C18H20FN. The number of hydrogen-bond acceptors (Lipinski definition) is 1. The first-order chi connectivity index (χ1) is 9.65. The minimum atomic E-state index is -0.120. The monoisotopic (exact) mass is 269 g/mol. The summed E-state index contributed by atoms with van der Waals surface area (Å²) < 4.78 is 13.6. The van der Waals surface area contributed by atoms with Gasteiger partial charge in [-0.05, 0) is 48.6 Å². The molecule has 1 aliphatic rings. The standard InChI is InChI=1S/C18H20FN/c1-12-7-8-14(10-18(12)19)13(2)20-11-16-9-15-5-3-4-6-17(15)16/h3-8,10,13,16,20H,9,11H2,1-2H3. The molecule has 0 spiro atoms. The van der Waals surface area contributed by atoms with Crippen molar-refractivity contribution in [3.05, 3.63) is 70.5 Å². The van der Waals surface area contributed by atoms with Crippen LogP contribution in [0.3, 0.4) is 0 Å². The van der Waals surface area contributed by atoms with E-state index in [1.165, 1.54) is 11.1 Å². The third-order valence-corrected chi connectivity index (χ3v) is 4.33. The molecule has 0 saturated carbocycles. The van der Waals surface area contributed by atoms with Crippen LogP contribution in [0.5, 0.6) is 0 Å². The van der Waals surface area contributed by atoms with Gasteiger partial charge in [0.2, 0.25) is 0 Å². The van der Waals surface area contributed by atoms with Crippen molar-refractivity contribution >= 4 is 0 Å². The first-order valence-corrected chi connectivity index (χ1v) is 7.22. The van der Waals surface area contributed by atoms with Crippen molar-refractivity contribution < 1.29 is 4.39 Å². The first-order valence-electron chi connectivity index (χ1n) is 7.22. The summed E-state index contributed by atoms with van der Waals surface area (Å²) in [6.07, 6.45) is 1.15. The molecule has 0 aromatic heterocycles. The minimum absolute atomic E-state index is 0.120. The molecule has 2 aromatic carbocycles. The zero-order valence-electron chi connectivity index (χ0n) is 12.0. The van der Waals surface area contributed by atoms with E-state index in [1.807, 2.05) is 12.1 Å². The molecule has 0 heterocycles. The van der Waals surface area contributed by atoms with Crippen molar-refractivity contribution in [3.8, 4) is 0 Å². The van der Waals surface area contributed by atoms with Crippen LogP contribution in [0.1, 0.15) is 41.1 Å². The Labute approximate surface area is 119 Å². The van der Waals surface area contributed by atoms with Gasteiger partial charge in [-0.15, -0.1) is 0 Å². The maximum Gasteiger partial charge on any atom is 0.126 e. The van der Waals surface area contributed by atoms with Crippen molar-refractivity contribution in [2.45, 2.75) is 32.2 Å². The SMILES string of the molecule is Cc1ccc(C(C)NCC2Cc3ccccc32)cc1F. The van der Waals surface area contributed by atoms with Crippen LogP contribution >= 0.6 is 0 Å². The number of nitrogens with one attached hydrogen (secondary N) is 1. The largest absolute Gasteiger partial charge is 0.310 e. The van der Waals surface area contributed by atoms with Gasteiger partial charge in [-0.1, -0.05) is 36.4 Å². The Kier molecular flexibility index (Phi) is 3.58. The summed E-state index contributed by atoms with van der Waals surface area (Å²) in [5, 5.41) is 3.52. The fraction of sp³-hybridized carbons (Fsp3) is 0.333. The van der Waals surface area contributed by atoms with Crippen LogP contribution in [0, 0.1) is 12.7 Å². The van der Waals surface area contributed by atoms with E-state index in [2.05, 4.69) is 36.5 Å². The fourth-order valence-electron chi connectivity index (χ4n) is 2.86. The van der Waals surface area contributed by atoms with Crippen LogP contribution in [0.2, 0.25) is 0 Å². The van der Waals surface area contributed by atoms with E-state index in [0.717, 1.165) is 18.5 Å². The quantitative estimate of drug-likeness (QED) is 0.880. The summed E-state index contributed by atoms with van der Waals surface area (Å²) >= 11 is 0. The molecule has 2 aromatic rings. The minimum Gasteiger partial charge on any atom is -0.310 e. The van der Waals surface area contributed by atoms with Crippen molar-refractivity contribution in [1.82, 2.24) is 5.32 Å². The number of aryl methyl sites for hydroxylation is 1. The molecule has 0 radical (unpaired) electrons. The smallest absolute Gasteiger partial charge is 0.126 e. The average molecular weight is 269 g/mol. The predicted octanol–water partition coefficient (Wildman–Crippen LogP) is 4.12. The van der Waals surface area contributed by atoms with Gasteiger partial charge in [-0.25, -0.2) is 4.39 Å². The lowest BCUT2D eigenvalue weighted by Gasteiger charge is -2.31. The van der Waals surface area contributed by atoms with Crippen LogP contribution in [0.25, 0.3) is 0 Å². The van der Waals surface area contributed by atoms with Gasteiger partial charge >= 0.3 is 0 Å². The molecular weight excluding hydrogens is 249 g/mol. The van der Waals surface area contributed by atoms with E-state index in [0.29, 0.717) is 11.5 Å². The molecule has 0 amide bonds. The van der Waals surface area contributed by atoms with Crippen molar-refractivity contribution in [3.63, 3.8) is 0 Å². The number of hydrogen-bond donors (Lipinski definition) is 1. The van der Waals surface area contributed by atoms with E-state index in [4.69, 9.17) is 0 Å². The van der Waals surface area contributed by atoms with Crippen molar-refractivity contribution in [2.75, 3.05) is 6.54 Å². The molecule has 20 heavy (non-hydrogen) atoms. The number of rotatable bonds is 4. The summed E-state index contributed by atoms with van der Waals surface area (Å²) in [5.41, 5.74) is 4.64. The van der Waals surface area contributed by atoms with Gasteiger partial charge in [0, 0.05) is 18.5 Å². The molecule has 3 rings (SSSR count). The van der Waals surface area contributed by atoms with Crippen LogP contribution in [0.15, 0.2) is 42.5 Å². The van der Waals surface area contributed by atoms with Crippen LogP contribution in [-0.4, -0.2) is 6.54 Å². The van der Waals surface area contributed by atoms with Gasteiger partial charge in [0.15, 0.2) is 0 Å². The Morgan fingerprint density at radius 1 is 1.25 bits per heavy atom. The summed E-state index contributed by atoms with van der Waals surface area (Å²) in [7, 11) is 0. The molecule has 2 unspecified atom stereocenters. The lowest BCUT2D eigenvalue weighted by molar-refractivity contribution is 0.487. The molecule has 104 valence electrons. The highest BCUT2D eigenvalue weighted by atomic mass is 19.1. The van der Waals surface area contributed by atoms with Crippen molar-refractivity contribution in [2.24, 2.45) is 0 Å². The lowest BCUT2D eigenvalue weighted by atomic mass is 9.77. The van der Waals surface area contributed by atoms with Crippen LogP contribution in [0.4, 0.5) is 4.39 Å². The van der Waals surface area contributed by atoms with Gasteiger partial charge in [0.05, 0.1) is 0 Å². The summed E-state index contributed by atoms with van der Waals surface area (Å²) in [5.74, 6) is 0.481. The van der Waals surface area contributed by atoms with E-state index in [9.17, 15) is 4.39 Å². The Balaban J connectivity index is 1.60. The fourth-order valence-corrected chi connectivity index (χ4v) is 2.86. The highest BCUT2D eigenvalue weighted by molar-refractivity contribution is 5.40. The third-order valence-electron chi connectivity index (χ3n) is 4.33. The zero-order valence-corrected chi connectivity index (χ0v) is 12.0. The average Bonchev–Trinajstić information content (AvgIpc) is 2.42. The predicted molar refractivity (Wildman–Crippen MR) is 80.4 cm³/mol. The molecule has 2 atom stereocenters. The summed E-state index contributed by atoms with van der Waals surface area (Å²) in [6, 6.07) is 14.3. The van der Waals surface area contributed by atoms with Gasteiger partial charge in [0.25, 0.3) is 0 Å². The molecule has 0 fully saturated rings. The molecule has 2 heteroatoms. The third kappa shape index (κ3) is 2.48. The van der Waals surface area contributed by atoms with Gasteiger partial charge in [-0.3, -0.25) is 0 Å². The maximum atomic E-state index is 13.6.